The number of ether oxygens (including phenoxy) is 1. The summed E-state index contributed by atoms with van der Waals surface area (Å²) < 4.78 is 5.07. The Morgan fingerprint density at radius 3 is 2.32 bits per heavy atom. The number of hydrogen-bond acceptors (Lipinski definition) is 2. The largest absolute Gasteiger partial charge is 0.497 e. The zero-order valence-electron chi connectivity index (χ0n) is 10.5. The highest BCUT2D eigenvalue weighted by Crippen LogP contribution is 2.24. The molecule has 1 N–H and O–H groups in total. The van der Waals surface area contributed by atoms with Crippen molar-refractivity contribution in [3.8, 4) is 5.75 Å². The van der Waals surface area contributed by atoms with Crippen molar-refractivity contribution in [2.75, 3.05) is 12.4 Å². The Labute approximate surface area is 120 Å². The molecule has 1 atom stereocenters. The molecule has 1 unspecified atom stereocenters. The summed E-state index contributed by atoms with van der Waals surface area (Å²) in [6.45, 7) is 0. The second kappa shape index (κ2) is 6.38. The molecule has 0 fully saturated rings. The first kappa shape index (κ1) is 13.6. The van der Waals surface area contributed by atoms with Crippen molar-refractivity contribution in [2.24, 2.45) is 0 Å². The number of hydrogen-bond donors (Lipinski definition) is 1. The van der Waals surface area contributed by atoms with Gasteiger partial charge < -0.3 is 10.1 Å². The second-order valence-electron chi connectivity index (χ2n) is 3.99. The SMILES string of the molecule is COc1ccc(NC(=O)C(Br)c2ccccc2)cc1. The third kappa shape index (κ3) is 3.58. The number of benzene rings is 2. The summed E-state index contributed by atoms with van der Waals surface area (Å²) >= 11 is 3.40. The number of amides is 1. The number of methoxy groups -OCH3 is 1. The van der Waals surface area contributed by atoms with Crippen molar-refractivity contribution < 1.29 is 9.53 Å². The maximum absolute atomic E-state index is 12.1. The van der Waals surface area contributed by atoms with E-state index < -0.39 is 0 Å². The van der Waals surface area contributed by atoms with Gasteiger partial charge in [0.1, 0.15) is 10.6 Å². The Kier molecular flexibility index (Phi) is 4.58. The van der Waals surface area contributed by atoms with Crippen LogP contribution in [0.4, 0.5) is 5.69 Å². The highest BCUT2D eigenvalue weighted by atomic mass is 79.9. The van der Waals surface area contributed by atoms with Crippen LogP contribution in [0.1, 0.15) is 10.4 Å². The van der Waals surface area contributed by atoms with Crippen LogP contribution in [0.15, 0.2) is 54.6 Å². The summed E-state index contributed by atoms with van der Waals surface area (Å²) in [5.41, 5.74) is 1.67. The summed E-state index contributed by atoms with van der Waals surface area (Å²) in [5.74, 6) is 0.660. The van der Waals surface area contributed by atoms with Gasteiger partial charge >= 0.3 is 0 Å². The van der Waals surface area contributed by atoms with Gasteiger partial charge in [-0.25, -0.2) is 0 Å². The molecule has 19 heavy (non-hydrogen) atoms. The maximum atomic E-state index is 12.1. The third-order valence-electron chi connectivity index (χ3n) is 2.68. The van der Waals surface area contributed by atoms with Crippen LogP contribution in [-0.4, -0.2) is 13.0 Å². The molecule has 2 rings (SSSR count). The number of halogens is 1. The molecule has 0 aromatic heterocycles. The number of alkyl halides is 1. The van der Waals surface area contributed by atoms with E-state index in [2.05, 4.69) is 21.2 Å². The molecule has 2 aromatic rings. The van der Waals surface area contributed by atoms with Crippen LogP contribution in [0, 0.1) is 0 Å². The van der Waals surface area contributed by atoms with Crippen LogP contribution >= 0.6 is 15.9 Å². The Bertz CT molecular complexity index is 540. The summed E-state index contributed by atoms with van der Waals surface area (Å²) in [7, 11) is 1.61. The van der Waals surface area contributed by atoms with E-state index in [4.69, 9.17) is 4.74 Å². The maximum Gasteiger partial charge on any atom is 0.242 e. The van der Waals surface area contributed by atoms with E-state index in [-0.39, 0.29) is 10.7 Å². The van der Waals surface area contributed by atoms with Gasteiger partial charge in [-0.3, -0.25) is 4.79 Å². The monoisotopic (exact) mass is 319 g/mol. The van der Waals surface area contributed by atoms with Crippen molar-refractivity contribution in [1.82, 2.24) is 0 Å². The molecule has 0 aliphatic heterocycles. The van der Waals surface area contributed by atoms with Gasteiger partial charge in [0.05, 0.1) is 7.11 Å². The van der Waals surface area contributed by atoms with Gasteiger partial charge in [-0.2, -0.15) is 0 Å². The van der Waals surface area contributed by atoms with Crippen molar-refractivity contribution in [1.29, 1.82) is 0 Å². The van der Waals surface area contributed by atoms with E-state index in [1.165, 1.54) is 0 Å². The lowest BCUT2D eigenvalue weighted by molar-refractivity contribution is -0.115. The first-order chi connectivity index (χ1) is 9.20. The molecule has 2 aromatic carbocycles. The lowest BCUT2D eigenvalue weighted by Gasteiger charge is -2.11. The lowest BCUT2D eigenvalue weighted by Crippen LogP contribution is -2.16. The van der Waals surface area contributed by atoms with Crippen molar-refractivity contribution in [2.45, 2.75) is 4.83 Å². The van der Waals surface area contributed by atoms with Crippen LogP contribution in [0.3, 0.4) is 0 Å². The Hall–Kier alpha value is -1.81. The topological polar surface area (TPSA) is 38.3 Å². The smallest absolute Gasteiger partial charge is 0.242 e. The van der Waals surface area contributed by atoms with Gasteiger partial charge in [0, 0.05) is 5.69 Å². The van der Waals surface area contributed by atoms with Gasteiger partial charge in [0.2, 0.25) is 5.91 Å². The van der Waals surface area contributed by atoms with Crippen molar-refractivity contribution in [3.05, 3.63) is 60.2 Å². The minimum Gasteiger partial charge on any atom is -0.497 e. The third-order valence-corrected chi connectivity index (χ3v) is 3.62. The Morgan fingerprint density at radius 1 is 1.11 bits per heavy atom. The normalized spacial score (nSPS) is 11.7. The summed E-state index contributed by atoms with van der Waals surface area (Å²) in [4.78, 5) is 11.7. The van der Waals surface area contributed by atoms with Gasteiger partial charge in [-0.1, -0.05) is 46.3 Å². The van der Waals surface area contributed by atoms with Gasteiger partial charge in [0.25, 0.3) is 0 Å². The zero-order chi connectivity index (χ0) is 13.7. The average Bonchev–Trinajstić information content (AvgIpc) is 2.48. The molecular weight excluding hydrogens is 306 g/mol. The first-order valence-corrected chi connectivity index (χ1v) is 6.76. The summed E-state index contributed by atoms with van der Waals surface area (Å²) in [5, 5.41) is 2.85. The van der Waals surface area contributed by atoms with E-state index in [0.29, 0.717) is 0 Å². The van der Waals surface area contributed by atoms with Crippen LogP contribution in [0.25, 0.3) is 0 Å². The average molecular weight is 320 g/mol. The minimum atomic E-state index is -0.365. The molecule has 3 nitrogen and oxygen atoms in total. The van der Waals surface area contributed by atoms with Crippen molar-refractivity contribution in [3.63, 3.8) is 0 Å². The number of rotatable bonds is 4. The van der Waals surface area contributed by atoms with Gasteiger partial charge in [-0.15, -0.1) is 0 Å². The summed E-state index contributed by atoms with van der Waals surface area (Å²) in [6, 6.07) is 16.8. The first-order valence-electron chi connectivity index (χ1n) is 5.84. The van der Waals surface area contributed by atoms with Crippen LogP contribution in [0.5, 0.6) is 5.75 Å². The number of anilines is 1. The van der Waals surface area contributed by atoms with E-state index in [9.17, 15) is 4.79 Å². The predicted molar refractivity (Wildman–Crippen MR) is 79.7 cm³/mol. The fourth-order valence-corrected chi connectivity index (χ4v) is 2.07. The Morgan fingerprint density at radius 2 is 1.74 bits per heavy atom. The molecular formula is C15H14BrNO2. The number of carbonyl (C=O) groups excluding carboxylic acids is 1. The van der Waals surface area contributed by atoms with Gasteiger partial charge in [0.15, 0.2) is 0 Å². The molecule has 1 amide bonds. The standard InChI is InChI=1S/C15H14BrNO2/c1-19-13-9-7-12(8-10-13)17-15(18)14(16)11-5-3-2-4-6-11/h2-10,14H,1H3,(H,17,18). The van der Waals surface area contributed by atoms with E-state index in [0.717, 1.165) is 17.0 Å². The van der Waals surface area contributed by atoms with Gasteiger partial charge in [-0.05, 0) is 29.8 Å². The van der Waals surface area contributed by atoms with Crippen LogP contribution in [-0.2, 0) is 4.79 Å². The molecule has 0 saturated carbocycles. The molecule has 4 heteroatoms. The molecule has 0 aliphatic carbocycles. The number of nitrogens with one attached hydrogen (secondary N) is 1. The molecule has 98 valence electrons. The highest BCUT2D eigenvalue weighted by molar-refractivity contribution is 9.09. The highest BCUT2D eigenvalue weighted by Gasteiger charge is 2.16. The number of carbonyl (C=O) groups is 1. The Balaban J connectivity index is 2.04. The fraction of sp³-hybridized carbons (Fsp3) is 0.133. The zero-order valence-corrected chi connectivity index (χ0v) is 12.1. The lowest BCUT2D eigenvalue weighted by atomic mass is 10.1. The van der Waals surface area contributed by atoms with Crippen LogP contribution < -0.4 is 10.1 Å². The van der Waals surface area contributed by atoms with E-state index in [1.807, 2.05) is 30.3 Å². The summed E-state index contributed by atoms with van der Waals surface area (Å²) in [6.07, 6.45) is 0. The predicted octanol–water partition coefficient (Wildman–Crippen LogP) is 3.77. The molecule has 0 saturated heterocycles. The van der Waals surface area contributed by atoms with E-state index >= 15 is 0 Å². The van der Waals surface area contributed by atoms with E-state index in [1.54, 1.807) is 31.4 Å². The van der Waals surface area contributed by atoms with Crippen LogP contribution in [0.2, 0.25) is 0 Å². The molecule has 0 bridgehead atoms. The molecule has 0 aliphatic rings. The minimum absolute atomic E-state index is 0.101. The quantitative estimate of drug-likeness (QED) is 0.871. The fourth-order valence-electron chi connectivity index (χ4n) is 1.65. The van der Waals surface area contributed by atoms with Crippen molar-refractivity contribution >= 4 is 27.5 Å². The molecule has 0 spiro atoms. The molecule has 0 radical (unpaired) electrons. The molecule has 0 heterocycles. The second-order valence-corrected chi connectivity index (χ2v) is 4.91.